The second-order valence-electron chi connectivity index (χ2n) is 7.00. The van der Waals surface area contributed by atoms with Crippen molar-refractivity contribution in [2.45, 2.75) is 25.6 Å². The zero-order valence-corrected chi connectivity index (χ0v) is 20.6. The van der Waals surface area contributed by atoms with Crippen LogP contribution in [-0.2, 0) is 13.1 Å². The normalized spacial score (nSPS) is 16.7. The zero-order chi connectivity index (χ0) is 20.6. The quantitative estimate of drug-likeness (QED) is 0.241. The summed E-state index contributed by atoms with van der Waals surface area (Å²) < 4.78 is 10.7. The summed E-state index contributed by atoms with van der Waals surface area (Å²) in [5.41, 5.74) is 2.23. The number of methoxy groups -OCH3 is 2. The standard InChI is InChI=1S/C21H28ClN5O2.HI/c1-23-21(25-12-15-4-5-20(22)24-11-15)26-17-6-7-27(14-17)13-16-8-18(28-2)10-19(9-16)29-3;/h4-5,8-11,17H,6-7,12-14H2,1-3H3,(H2,23,25,26);1H. The smallest absolute Gasteiger partial charge is 0.191 e. The summed E-state index contributed by atoms with van der Waals surface area (Å²) in [6.07, 6.45) is 2.83. The minimum absolute atomic E-state index is 0. The van der Waals surface area contributed by atoms with Gasteiger partial charge in [0, 0.05) is 51.5 Å². The van der Waals surface area contributed by atoms with Gasteiger partial charge in [-0.05, 0) is 35.7 Å². The highest BCUT2D eigenvalue weighted by atomic mass is 127. The van der Waals surface area contributed by atoms with Crippen molar-refractivity contribution in [2.75, 3.05) is 34.4 Å². The monoisotopic (exact) mass is 545 g/mol. The fourth-order valence-electron chi connectivity index (χ4n) is 3.39. The summed E-state index contributed by atoms with van der Waals surface area (Å²) in [5, 5.41) is 7.34. The number of aromatic nitrogens is 1. The van der Waals surface area contributed by atoms with E-state index < -0.39 is 0 Å². The molecule has 1 saturated heterocycles. The van der Waals surface area contributed by atoms with Gasteiger partial charge in [0.05, 0.1) is 14.2 Å². The van der Waals surface area contributed by atoms with Crippen LogP contribution >= 0.6 is 35.6 Å². The van der Waals surface area contributed by atoms with E-state index in [4.69, 9.17) is 21.1 Å². The van der Waals surface area contributed by atoms with Gasteiger partial charge in [0.2, 0.25) is 0 Å². The Balaban J connectivity index is 0.00000320. The highest BCUT2D eigenvalue weighted by molar-refractivity contribution is 14.0. The molecule has 0 aliphatic carbocycles. The van der Waals surface area contributed by atoms with E-state index >= 15 is 0 Å². The highest BCUT2D eigenvalue weighted by Gasteiger charge is 2.23. The molecule has 1 aliphatic rings. The summed E-state index contributed by atoms with van der Waals surface area (Å²) in [7, 11) is 5.13. The van der Waals surface area contributed by atoms with E-state index in [0.717, 1.165) is 49.1 Å². The average molecular weight is 546 g/mol. The average Bonchev–Trinajstić information content (AvgIpc) is 3.18. The maximum atomic E-state index is 5.83. The SMILES string of the molecule is CN=C(NCc1ccc(Cl)nc1)NC1CCN(Cc2cc(OC)cc(OC)c2)C1.I. The molecule has 0 amide bonds. The number of aliphatic imine (C=N–C) groups is 1. The van der Waals surface area contributed by atoms with E-state index in [1.807, 2.05) is 12.1 Å². The van der Waals surface area contributed by atoms with Gasteiger partial charge in [-0.3, -0.25) is 9.89 Å². The Morgan fingerprint density at radius 3 is 2.53 bits per heavy atom. The third-order valence-electron chi connectivity index (χ3n) is 4.90. The fourth-order valence-corrected chi connectivity index (χ4v) is 3.51. The number of nitrogens with zero attached hydrogens (tertiary/aromatic N) is 3. The molecule has 0 radical (unpaired) electrons. The van der Waals surface area contributed by atoms with Crippen molar-refractivity contribution in [1.29, 1.82) is 0 Å². The number of hydrogen-bond acceptors (Lipinski definition) is 5. The van der Waals surface area contributed by atoms with Gasteiger partial charge in [0.25, 0.3) is 0 Å². The number of hydrogen-bond donors (Lipinski definition) is 2. The number of guanidine groups is 1. The van der Waals surface area contributed by atoms with Gasteiger partial charge in [0.15, 0.2) is 5.96 Å². The first-order valence-electron chi connectivity index (χ1n) is 9.61. The molecule has 7 nitrogen and oxygen atoms in total. The largest absolute Gasteiger partial charge is 0.497 e. The summed E-state index contributed by atoms with van der Waals surface area (Å²) in [6, 6.07) is 10.1. The minimum atomic E-state index is 0. The van der Waals surface area contributed by atoms with Gasteiger partial charge < -0.3 is 20.1 Å². The predicted octanol–water partition coefficient (Wildman–Crippen LogP) is 3.31. The van der Waals surface area contributed by atoms with Crippen LogP contribution in [0.5, 0.6) is 11.5 Å². The van der Waals surface area contributed by atoms with Gasteiger partial charge in [-0.1, -0.05) is 17.7 Å². The molecule has 9 heteroatoms. The first-order valence-corrected chi connectivity index (χ1v) is 9.99. The van der Waals surface area contributed by atoms with Crippen LogP contribution in [0.4, 0.5) is 0 Å². The Kier molecular flexibility index (Phi) is 9.93. The molecule has 1 aromatic carbocycles. The third-order valence-corrected chi connectivity index (χ3v) is 5.13. The highest BCUT2D eigenvalue weighted by Crippen LogP contribution is 2.24. The second-order valence-corrected chi connectivity index (χ2v) is 7.39. The van der Waals surface area contributed by atoms with Gasteiger partial charge in [-0.15, -0.1) is 24.0 Å². The molecule has 1 aliphatic heterocycles. The molecule has 2 heterocycles. The molecule has 1 fully saturated rings. The molecule has 0 bridgehead atoms. The minimum Gasteiger partial charge on any atom is -0.497 e. The summed E-state index contributed by atoms with van der Waals surface area (Å²) in [4.78, 5) is 10.9. The Bertz CT molecular complexity index is 812. The molecular weight excluding hydrogens is 517 g/mol. The van der Waals surface area contributed by atoms with Crippen molar-refractivity contribution in [3.8, 4) is 11.5 Å². The van der Waals surface area contributed by atoms with Crippen molar-refractivity contribution < 1.29 is 9.47 Å². The van der Waals surface area contributed by atoms with E-state index in [2.05, 4.69) is 37.6 Å². The number of likely N-dealkylation sites (tertiary alicyclic amines) is 1. The third kappa shape index (κ3) is 7.17. The van der Waals surface area contributed by atoms with Crippen LogP contribution in [0.2, 0.25) is 5.15 Å². The maximum absolute atomic E-state index is 5.83. The van der Waals surface area contributed by atoms with Gasteiger partial charge >= 0.3 is 0 Å². The molecule has 1 unspecified atom stereocenters. The maximum Gasteiger partial charge on any atom is 0.191 e. The number of rotatable bonds is 7. The number of ether oxygens (including phenoxy) is 2. The second kappa shape index (κ2) is 12.2. The lowest BCUT2D eigenvalue weighted by Crippen LogP contribution is -2.44. The summed E-state index contributed by atoms with van der Waals surface area (Å²) >= 11 is 5.83. The lowest BCUT2D eigenvalue weighted by molar-refractivity contribution is 0.321. The van der Waals surface area contributed by atoms with E-state index in [9.17, 15) is 0 Å². The predicted molar refractivity (Wildman–Crippen MR) is 131 cm³/mol. The first-order chi connectivity index (χ1) is 14.1. The van der Waals surface area contributed by atoms with E-state index in [1.54, 1.807) is 33.5 Å². The van der Waals surface area contributed by atoms with Crippen LogP contribution in [0.25, 0.3) is 0 Å². The Hall–Kier alpha value is -1.78. The molecule has 1 atom stereocenters. The fraction of sp³-hybridized carbons (Fsp3) is 0.429. The van der Waals surface area contributed by atoms with Gasteiger partial charge in [-0.2, -0.15) is 0 Å². The van der Waals surface area contributed by atoms with E-state index in [0.29, 0.717) is 17.7 Å². The zero-order valence-electron chi connectivity index (χ0n) is 17.5. The first kappa shape index (κ1) is 24.5. The molecule has 2 N–H and O–H groups in total. The topological polar surface area (TPSA) is 71.0 Å². The molecule has 2 aromatic rings. The van der Waals surface area contributed by atoms with Crippen LogP contribution in [-0.4, -0.2) is 56.2 Å². The summed E-state index contributed by atoms with van der Waals surface area (Å²) in [5.74, 6) is 2.42. The Morgan fingerprint density at radius 1 is 1.20 bits per heavy atom. The van der Waals surface area contributed by atoms with Crippen LogP contribution in [0, 0.1) is 0 Å². The van der Waals surface area contributed by atoms with Crippen LogP contribution < -0.4 is 20.1 Å². The summed E-state index contributed by atoms with van der Waals surface area (Å²) in [6.45, 7) is 3.47. The van der Waals surface area contributed by atoms with E-state index in [1.165, 1.54) is 5.56 Å². The lowest BCUT2D eigenvalue weighted by Gasteiger charge is -2.19. The Morgan fingerprint density at radius 2 is 1.93 bits per heavy atom. The van der Waals surface area contributed by atoms with Gasteiger partial charge in [-0.25, -0.2) is 4.98 Å². The lowest BCUT2D eigenvalue weighted by atomic mass is 10.2. The van der Waals surface area contributed by atoms with Crippen molar-refractivity contribution in [3.63, 3.8) is 0 Å². The van der Waals surface area contributed by atoms with Crippen molar-refractivity contribution in [3.05, 3.63) is 52.8 Å². The van der Waals surface area contributed by atoms with Crippen LogP contribution in [0.3, 0.4) is 0 Å². The molecule has 1 aromatic heterocycles. The molecule has 0 saturated carbocycles. The number of benzene rings is 1. The molecule has 0 spiro atoms. The molecule has 3 rings (SSSR count). The number of halogens is 2. The van der Waals surface area contributed by atoms with Crippen molar-refractivity contribution in [2.24, 2.45) is 4.99 Å². The van der Waals surface area contributed by atoms with Crippen LogP contribution in [0.1, 0.15) is 17.5 Å². The number of nitrogens with one attached hydrogen (secondary N) is 2. The van der Waals surface area contributed by atoms with E-state index in [-0.39, 0.29) is 24.0 Å². The number of pyridine rings is 1. The molecule has 164 valence electrons. The molecular formula is C21H29ClIN5O2. The van der Waals surface area contributed by atoms with Crippen molar-refractivity contribution in [1.82, 2.24) is 20.5 Å². The molecule has 30 heavy (non-hydrogen) atoms. The van der Waals surface area contributed by atoms with Crippen LogP contribution in [0.15, 0.2) is 41.5 Å². The van der Waals surface area contributed by atoms with Crippen molar-refractivity contribution >= 4 is 41.5 Å². The Labute approximate surface area is 200 Å². The van der Waals surface area contributed by atoms with Gasteiger partial charge in [0.1, 0.15) is 16.7 Å².